The summed E-state index contributed by atoms with van der Waals surface area (Å²) in [4.78, 5) is 12.8. The molecule has 0 spiro atoms. The molecule has 0 amide bonds. The lowest BCUT2D eigenvalue weighted by atomic mass is 9.97. The zero-order valence-corrected chi connectivity index (χ0v) is 13.8. The minimum absolute atomic E-state index is 0.103. The van der Waals surface area contributed by atoms with Crippen LogP contribution >= 0.6 is 0 Å². The summed E-state index contributed by atoms with van der Waals surface area (Å²) in [6.07, 6.45) is 0.282. The maximum absolute atomic E-state index is 12.8. The Bertz CT molecular complexity index is 806. The molecule has 1 atom stereocenters. The lowest BCUT2D eigenvalue weighted by Crippen LogP contribution is -2.37. The van der Waals surface area contributed by atoms with Crippen LogP contribution in [-0.2, 0) is 4.79 Å². The summed E-state index contributed by atoms with van der Waals surface area (Å²) in [5.74, 6) is -0.124. The van der Waals surface area contributed by atoms with Crippen molar-refractivity contribution >= 4 is 11.5 Å². The molecule has 24 heavy (non-hydrogen) atoms. The second-order valence-corrected chi connectivity index (χ2v) is 5.85. The van der Waals surface area contributed by atoms with Crippen LogP contribution in [0.15, 0.2) is 66.2 Å². The summed E-state index contributed by atoms with van der Waals surface area (Å²) in [5.41, 5.74) is 2.80. The molecular weight excluding hydrogens is 298 g/mol. The van der Waals surface area contributed by atoms with E-state index in [-0.39, 0.29) is 23.8 Å². The molecule has 1 unspecified atom stereocenters. The van der Waals surface area contributed by atoms with Crippen molar-refractivity contribution in [1.29, 1.82) is 5.26 Å². The van der Waals surface area contributed by atoms with Crippen molar-refractivity contribution in [2.24, 2.45) is 0 Å². The van der Waals surface area contributed by atoms with E-state index in [1.165, 1.54) is 0 Å². The van der Waals surface area contributed by atoms with Gasteiger partial charge in [-0.2, -0.15) is 5.26 Å². The number of nitrogens with zero attached hydrogens (tertiary/aromatic N) is 3. The van der Waals surface area contributed by atoms with Crippen molar-refractivity contribution in [3.63, 3.8) is 0 Å². The quantitative estimate of drug-likeness (QED) is 0.851. The molecule has 4 heteroatoms. The largest absolute Gasteiger partial charge is 0.306 e. The second-order valence-electron chi connectivity index (χ2n) is 5.85. The Hall–Kier alpha value is -2.90. The fourth-order valence-corrected chi connectivity index (χ4v) is 3.12. The van der Waals surface area contributed by atoms with Gasteiger partial charge in [-0.05, 0) is 5.56 Å². The highest BCUT2D eigenvalue weighted by Crippen LogP contribution is 2.35. The molecule has 120 valence electrons. The molecule has 4 nitrogen and oxygen atoms in total. The Balaban J connectivity index is 2.10. The van der Waals surface area contributed by atoms with Crippen LogP contribution in [0, 0.1) is 11.3 Å². The number of hydrogen-bond donors (Lipinski definition) is 0. The fourth-order valence-electron chi connectivity index (χ4n) is 3.12. The molecule has 0 saturated heterocycles. The number of hydrogen-bond acceptors (Lipinski definition) is 4. The van der Waals surface area contributed by atoms with Gasteiger partial charge in [-0.25, -0.2) is 5.01 Å². The molecule has 2 aromatic carbocycles. The average molecular weight is 317 g/mol. The number of carbonyl (C=O) groups is 1. The van der Waals surface area contributed by atoms with Crippen LogP contribution in [0.25, 0.3) is 5.70 Å². The second kappa shape index (κ2) is 6.69. The number of Topliss-reactive ketones (excluding diaryl/α,β-unsaturated/α-hetero) is 1. The molecule has 0 bridgehead atoms. The monoisotopic (exact) mass is 317 g/mol. The van der Waals surface area contributed by atoms with E-state index in [2.05, 4.69) is 6.07 Å². The van der Waals surface area contributed by atoms with Crippen molar-refractivity contribution in [2.45, 2.75) is 12.5 Å². The molecule has 0 fully saturated rings. The van der Waals surface area contributed by atoms with Gasteiger partial charge in [0.15, 0.2) is 5.78 Å². The Kier molecular flexibility index (Phi) is 4.45. The van der Waals surface area contributed by atoms with Crippen molar-refractivity contribution < 1.29 is 4.79 Å². The first kappa shape index (κ1) is 16.0. The summed E-state index contributed by atoms with van der Waals surface area (Å²) < 4.78 is 0. The first-order chi connectivity index (χ1) is 11.6. The van der Waals surface area contributed by atoms with E-state index in [0.717, 1.165) is 11.1 Å². The number of rotatable bonds is 2. The van der Waals surface area contributed by atoms with Crippen molar-refractivity contribution in [3.8, 4) is 6.07 Å². The Morgan fingerprint density at radius 3 is 2.17 bits per heavy atom. The maximum atomic E-state index is 12.8. The molecule has 0 N–H and O–H groups in total. The van der Waals surface area contributed by atoms with Gasteiger partial charge in [0, 0.05) is 26.1 Å². The topological polar surface area (TPSA) is 47.3 Å². The number of ketones is 1. The molecule has 2 aromatic rings. The minimum atomic E-state index is -0.124. The number of benzene rings is 2. The third-order valence-electron chi connectivity index (χ3n) is 4.49. The molecule has 3 rings (SSSR count). The molecule has 1 aliphatic rings. The van der Waals surface area contributed by atoms with Crippen LogP contribution in [0.3, 0.4) is 0 Å². The fraction of sp³-hybridized carbons (Fsp3) is 0.200. The van der Waals surface area contributed by atoms with Crippen LogP contribution in [0.5, 0.6) is 0 Å². The van der Waals surface area contributed by atoms with Gasteiger partial charge in [0.2, 0.25) is 0 Å². The molecule has 0 aromatic heterocycles. The van der Waals surface area contributed by atoms with Gasteiger partial charge in [0.1, 0.15) is 11.6 Å². The predicted molar refractivity (Wildman–Crippen MR) is 93.3 cm³/mol. The van der Waals surface area contributed by atoms with Crippen LogP contribution in [0.1, 0.15) is 23.6 Å². The highest BCUT2D eigenvalue weighted by molar-refractivity contribution is 6.06. The Labute approximate surface area is 142 Å². The van der Waals surface area contributed by atoms with Gasteiger partial charge in [-0.1, -0.05) is 60.7 Å². The first-order valence-corrected chi connectivity index (χ1v) is 7.88. The van der Waals surface area contributed by atoms with E-state index in [1.807, 2.05) is 84.8 Å². The molecule has 1 heterocycles. The van der Waals surface area contributed by atoms with E-state index in [4.69, 9.17) is 0 Å². The third kappa shape index (κ3) is 2.82. The van der Waals surface area contributed by atoms with Crippen LogP contribution in [-0.4, -0.2) is 29.9 Å². The van der Waals surface area contributed by atoms with Crippen LogP contribution < -0.4 is 0 Å². The van der Waals surface area contributed by atoms with Gasteiger partial charge in [0.05, 0.1) is 11.7 Å². The summed E-state index contributed by atoms with van der Waals surface area (Å²) in [6.45, 7) is 0. The maximum Gasteiger partial charge on any atom is 0.177 e. The van der Waals surface area contributed by atoms with Crippen LogP contribution in [0.2, 0.25) is 0 Å². The van der Waals surface area contributed by atoms with E-state index < -0.39 is 0 Å². The van der Waals surface area contributed by atoms with Gasteiger partial charge >= 0.3 is 0 Å². The lowest BCUT2D eigenvalue weighted by Gasteiger charge is -2.36. The van der Waals surface area contributed by atoms with E-state index in [1.54, 1.807) is 0 Å². The summed E-state index contributed by atoms with van der Waals surface area (Å²) in [7, 11) is 3.85. The number of nitriles is 1. The standard InChI is InChI=1S/C20H19N3O/c1-22-18(15-9-5-3-6-10-15)13-19(24)17(14-21)20(23(22)2)16-11-7-4-8-12-16/h3-12,18H,13H2,1-2H3. The highest BCUT2D eigenvalue weighted by Gasteiger charge is 2.33. The summed E-state index contributed by atoms with van der Waals surface area (Å²) in [6, 6.07) is 21.5. The predicted octanol–water partition coefficient (Wildman–Crippen LogP) is 3.41. The normalized spacial score (nSPS) is 19.1. The Morgan fingerprint density at radius 2 is 1.58 bits per heavy atom. The number of carbonyl (C=O) groups excluding carboxylic acids is 1. The number of allylic oxidation sites excluding steroid dienone is 1. The minimum Gasteiger partial charge on any atom is -0.306 e. The molecule has 1 aliphatic heterocycles. The van der Waals surface area contributed by atoms with E-state index >= 15 is 0 Å². The first-order valence-electron chi connectivity index (χ1n) is 7.88. The van der Waals surface area contributed by atoms with Gasteiger partial charge in [0.25, 0.3) is 0 Å². The smallest absolute Gasteiger partial charge is 0.177 e. The van der Waals surface area contributed by atoms with Crippen molar-refractivity contribution in [2.75, 3.05) is 14.1 Å². The number of hydrazine groups is 1. The van der Waals surface area contributed by atoms with Gasteiger partial charge < -0.3 is 5.01 Å². The zero-order valence-electron chi connectivity index (χ0n) is 13.8. The van der Waals surface area contributed by atoms with Crippen LogP contribution in [0.4, 0.5) is 0 Å². The van der Waals surface area contributed by atoms with Gasteiger partial charge in [-0.3, -0.25) is 4.79 Å². The van der Waals surface area contributed by atoms with Gasteiger partial charge in [-0.15, -0.1) is 0 Å². The molecule has 0 aliphatic carbocycles. The van der Waals surface area contributed by atoms with E-state index in [9.17, 15) is 10.1 Å². The zero-order chi connectivity index (χ0) is 17.1. The SMILES string of the molecule is CN1C(c2ccccc2)=C(C#N)C(=O)CC(c2ccccc2)N1C. The Morgan fingerprint density at radius 1 is 1.00 bits per heavy atom. The average Bonchev–Trinajstić information content (AvgIpc) is 2.72. The van der Waals surface area contributed by atoms with Crippen molar-refractivity contribution in [1.82, 2.24) is 10.0 Å². The highest BCUT2D eigenvalue weighted by atomic mass is 16.1. The van der Waals surface area contributed by atoms with Crippen molar-refractivity contribution in [3.05, 3.63) is 77.4 Å². The summed E-state index contributed by atoms with van der Waals surface area (Å²) in [5, 5.41) is 13.5. The molecular formula is C20H19N3O. The van der Waals surface area contributed by atoms with E-state index in [0.29, 0.717) is 5.70 Å². The molecule has 0 radical (unpaired) electrons. The lowest BCUT2D eigenvalue weighted by molar-refractivity contribution is -0.116. The summed E-state index contributed by atoms with van der Waals surface area (Å²) >= 11 is 0. The third-order valence-corrected chi connectivity index (χ3v) is 4.49. The molecule has 0 saturated carbocycles.